The number of anilines is 3. The lowest BCUT2D eigenvalue weighted by atomic mass is 10.1. The van der Waals surface area contributed by atoms with Gasteiger partial charge in [0.2, 0.25) is 5.95 Å². The minimum atomic E-state index is -4.76. The van der Waals surface area contributed by atoms with E-state index in [1.807, 2.05) is 12.1 Å². The molecule has 3 aromatic rings. The summed E-state index contributed by atoms with van der Waals surface area (Å²) >= 11 is 6.20. The molecule has 5 nitrogen and oxygen atoms in total. The monoisotopic (exact) mass is 420 g/mol. The fourth-order valence-electron chi connectivity index (χ4n) is 2.69. The number of ether oxygens (including phenoxy) is 1. The van der Waals surface area contributed by atoms with Crippen molar-refractivity contribution in [3.63, 3.8) is 0 Å². The predicted molar refractivity (Wildman–Crippen MR) is 106 cm³/mol. The quantitative estimate of drug-likeness (QED) is 0.511. The molecule has 29 heavy (non-hydrogen) atoms. The van der Waals surface area contributed by atoms with E-state index < -0.39 is 6.36 Å². The Morgan fingerprint density at radius 2 is 1.79 bits per heavy atom. The second-order valence-corrected chi connectivity index (χ2v) is 6.97. The van der Waals surface area contributed by atoms with Crippen LogP contribution >= 0.6 is 11.6 Å². The summed E-state index contributed by atoms with van der Waals surface area (Å²) in [6.07, 6.45) is -2.72. The van der Waals surface area contributed by atoms with Crippen molar-refractivity contribution in [2.24, 2.45) is 0 Å². The van der Waals surface area contributed by atoms with Crippen LogP contribution in [0.15, 0.2) is 54.6 Å². The number of para-hydroxylation sites is 1. The molecule has 4 rings (SSSR count). The molecule has 0 radical (unpaired) electrons. The van der Waals surface area contributed by atoms with Crippen molar-refractivity contribution in [2.45, 2.75) is 25.2 Å². The van der Waals surface area contributed by atoms with Crippen LogP contribution in [0.4, 0.5) is 30.6 Å². The molecule has 1 aliphatic carbocycles. The third-order valence-corrected chi connectivity index (χ3v) is 4.47. The summed E-state index contributed by atoms with van der Waals surface area (Å²) in [4.78, 5) is 8.91. The van der Waals surface area contributed by atoms with E-state index in [9.17, 15) is 13.2 Å². The number of halogens is 4. The van der Waals surface area contributed by atoms with Crippen LogP contribution in [0, 0.1) is 0 Å². The smallest absolute Gasteiger partial charge is 0.406 e. The third kappa shape index (κ3) is 5.29. The van der Waals surface area contributed by atoms with Crippen molar-refractivity contribution in [3.8, 4) is 17.0 Å². The van der Waals surface area contributed by atoms with Gasteiger partial charge in [-0.1, -0.05) is 35.9 Å². The third-order valence-electron chi connectivity index (χ3n) is 4.14. The fraction of sp³-hybridized carbons (Fsp3) is 0.200. The summed E-state index contributed by atoms with van der Waals surface area (Å²) in [5.41, 5.74) is 1.57. The minimum Gasteiger partial charge on any atom is -0.406 e. The number of nitrogens with one attached hydrogen (secondary N) is 2. The number of hydrogen-bond donors (Lipinski definition) is 2. The van der Waals surface area contributed by atoms with Crippen LogP contribution < -0.4 is 15.4 Å². The molecule has 0 spiro atoms. The molecule has 0 atom stereocenters. The Labute approximate surface area is 169 Å². The van der Waals surface area contributed by atoms with Gasteiger partial charge in [-0.05, 0) is 37.1 Å². The van der Waals surface area contributed by atoms with Gasteiger partial charge in [-0.3, -0.25) is 0 Å². The highest BCUT2D eigenvalue weighted by atomic mass is 35.5. The van der Waals surface area contributed by atoms with Crippen LogP contribution in [0.1, 0.15) is 12.8 Å². The number of nitrogens with zero attached hydrogens (tertiary/aromatic N) is 2. The first kappa shape index (κ1) is 19.3. The van der Waals surface area contributed by atoms with E-state index in [0.717, 1.165) is 12.8 Å². The van der Waals surface area contributed by atoms with Crippen molar-refractivity contribution in [1.29, 1.82) is 0 Å². The van der Waals surface area contributed by atoms with Crippen LogP contribution in [-0.2, 0) is 0 Å². The van der Waals surface area contributed by atoms with Gasteiger partial charge in [0.25, 0.3) is 0 Å². The molecule has 2 N–H and O–H groups in total. The highest BCUT2D eigenvalue weighted by Crippen LogP contribution is 2.31. The first-order chi connectivity index (χ1) is 13.9. The maximum Gasteiger partial charge on any atom is 0.573 e. The highest BCUT2D eigenvalue weighted by molar-refractivity contribution is 6.33. The zero-order valence-electron chi connectivity index (χ0n) is 15.0. The SMILES string of the molecule is FC(F)(F)Oc1cccc(-c2cc(Nc3ccccc3Cl)nc(NC3CC3)n2)c1. The fourth-order valence-corrected chi connectivity index (χ4v) is 2.87. The van der Waals surface area contributed by atoms with Crippen LogP contribution in [0.2, 0.25) is 5.02 Å². The minimum absolute atomic E-state index is 0.304. The number of rotatable bonds is 6. The van der Waals surface area contributed by atoms with Crippen molar-refractivity contribution in [2.75, 3.05) is 10.6 Å². The Morgan fingerprint density at radius 1 is 1.00 bits per heavy atom. The molecule has 1 fully saturated rings. The van der Waals surface area contributed by atoms with Crippen LogP contribution in [-0.4, -0.2) is 22.4 Å². The topological polar surface area (TPSA) is 59.1 Å². The molecule has 2 aromatic carbocycles. The number of benzene rings is 2. The molecule has 9 heteroatoms. The second-order valence-electron chi connectivity index (χ2n) is 6.56. The Bertz CT molecular complexity index is 1020. The van der Waals surface area contributed by atoms with Gasteiger partial charge >= 0.3 is 6.36 Å². The lowest BCUT2D eigenvalue weighted by Crippen LogP contribution is -2.17. The van der Waals surface area contributed by atoms with Gasteiger partial charge in [-0.25, -0.2) is 4.98 Å². The van der Waals surface area contributed by atoms with Crippen LogP contribution in [0.5, 0.6) is 5.75 Å². The summed E-state index contributed by atoms with van der Waals surface area (Å²) in [6.45, 7) is 0. The van der Waals surface area contributed by atoms with E-state index in [4.69, 9.17) is 11.6 Å². The van der Waals surface area contributed by atoms with Crippen LogP contribution in [0.25, 0.3) is 11.3 Å². The molecule has 1 heterocycles. The number of alkyl halides is 3. The second kappa shape index (κ2) is 7.79. The molecule has 0 unspecified atom stereocenters. The number of hydrogen-bond acceptors (Lipinski definition) is 5. The largest absolute Gasteiger partial charge is 0.573 e. The molecule has 1 saturated carbocycles. The molecule has 0 saturated heterocycles. The first-order valence-corrected chi connectivity index (χ1v) is 9.27. The van der Waals surface area contributed by atoms with E-state index >= 15 is 0 Å². The Balaban J connectivity index is 1.69. The lowest BCUT2D eigenvalue weighted by Gasteiger charge is -2.13. The van der Waals surface area contributed by atoms with Gasteiger partial charge < -0.3 is 15.4 Å². The Kier molecular flexibility index (Phi) is 5.19. The molecular weight excluding hydrogens is 405 g/mol. The molecule has 1 aliphatic rings. The van der Waals surface area contributed by atoms with Crippen molar-refractivity contribution < 1.29 is 17.9 Å². The van der Waals surface area contributed by atoms with Gasteiger partial charge in [0.15, 0.2) is 0 Å². The molecular formula is C20H16ClF3N4O. The molecule has 0 amide bonds. The molecule has 0 bridgehead atoms. The standard InChI is InChI=1S/C20H16ClF3N4O/c21-15-6-1-2-7-16(15)26-18-11-17(27-19(28-18)25-13-8-9-13)12-4-3-5-14(10-12)29-20(22,23)24/h1-7,10-11,13H,8-9H2,(H2,25,26,27,28). The zero-order chi connectivity index (χ0) is 20.4. The Hall–Kier alpha value is -3.00. The van der Waals surface area contributed by atoms with E-state index in [1.54, 1.807) is 24.3 Å². The van der Waals surface area contributed by atoms with Crippen molar-refractivity contribution in [1.82, 2.24) is 9.97 Å². The average Bonchev–Trinajstić information content (AvgIpc) is 3.46. The van der Waals surface area contributed by atoms with E-state index in [2.05, 4.69) is 25.3 Å². The van der Waals surface area contributed by atoms with Gasteiger partial charge in [-0.2, -0.15) is 4.98 Å². The van der Waals surface area contributed by atoms with Crippen LogP contribution in [0.3, 0.4) is 0 Å². The van der Waals surface area contributed by atoms with Gasteiger partial charge in [0.1, 0.15) is 11.6 Å². The highest BCUT2D eigenvalue weighted by Gasteiger charge is 2.31. The summed E-state index contributed by atoms with van der Waals surface area (Å²) in [6, 6.07) is 14.8. The van der Waals surface area contributed by atoms with Crippen molar-refractivity contribution >= 4 is 29.1 Å². The predicted octanol–water partition coefficient (Wildman–Crippen LogP) is 6.01. The molecule has 0 aliphatic heterocycles. The summed E-state index contributed by atoms with van der Waals surface area (Å²) in [5.74, 6) is 0.543. The average molecular weight is 421 g/mol. The lowest BCUT2D eigenvalue weighted by molar-refractivity contribution is -0.274. The number of aromatic nitrogens is 2. The van der Waals surface area contributed by atoms with Gasteiger partial charge in [-0.15, -0.1) is 13.2 Å². The maximum absolute atomic E-state index is 12.6. The molecule has 150 valence electrons. The van der Waals surface area contributed by atoms with Gasteiger partial charge in [0.05, 0.1) is 16.4 Å². The van der Waals surface area contributed by atoms with E-state index in [0.29, 0.717) is 39.8 Å². The Morgan fingerprint density at radius 3 is 2.52 bits per heavy atom. The first-order valence-electron chi connectivity index (χ1n) is 8.89. The van der Waals surface area contributed by atoms with Gasteiger partial charge in [0, 0.05) is 17.7 Å². The molecule has 1 aromatic heterocycles. The summed E-state index contributed by atoms with van der Waals surface area (Å²) in [5, 5.41) is 6.87. The summed E-state index contributed by atoms with van der Waals surface area (Å²) < 4.78 is 41.7. The van der Waals surface area contributed by atoms with E-state index in [1.165, 1.54) is 18.2 Å². The van der Waals surface area contributed by atoms with Crippen molar-refractivity contribution in [3.05, 3.63) is 59.6 Å². The van der Waals surface area contributed by atoms with E-state index in [-0.39, 0.29) is 5.75 Å². The maximum atomic E-state index is 12.6. The normalized spacial score (nSPS) is 13.8. The zero-order valence-corrected chi connectivity index (χ0v) is 15.8. The summed E-state index contributed by atoms with van der Waals surface area (Å²) in [7, 11) is 0.